The molecule has 0 radical (unpaired) electrons. The van der Waals surface area contributed by atoms with Crippen LogP contribution in [0.3, 0.4) is 0 Å². The van der Waals surface area contributed by atoms with Crippen molar-refractivity contribution in [3.05, 3.63) is 23.8 Å². The van der Waals surface area contributed by atoms with E-state index >= 15 is 0 Å². The summed E-state index contributed by atoms with van der Waals surface area (Å²) in [4.78, 5) is 24.0. The van der Waals surface area contributed by atoms with Gasteiger partial charge in [-0.25, -0.2) is 4.79 Å². The molecule has 0 saturated heterocycles. The first-order valence-electron chi connectivity index (χ1n) is 7.98. The Kier molecular flexibility index (Phi) is 5.47. The van der Waals surface area contributed by atoms with Crippen molar-refractivity contribution in [3.63, 3.8) is 0 Å². The van der Waals surface area contributed by atoms with Crippen molar-refractivity contribution >= 4 is 11.9 Å². The van der Waals surface area contributed by atoms with E-state index in [9.17, 15) is 14.7 Å². The molecule has 1 aromatic rings. The molecule has 1 aliphatic carbocycles. The summed E-state index contributed by atoms with van der Waals surface area (Å²) in [5, 5.41) is 12.1. The zero-order valence-corrected chi connectivity index (χ0v) is 13.6. The van der Waals surface area contributed by atoms with E-state index in [1.165, 1.54) is 0 Å². The summed E-state index contributed by atoms with van der Waals surface area (Å²) < 4.78 is 11.0. The van der Waals surface area contributed by atoms with Gasteiger partial charge in [0.1, 0.15) is 5.54 Å². The van der Waals surface area contributed by atoms with Crippen LogP contribution in [0.1, 0.15) is 49.9 Å². The maximum Gasteiger partial charge on any atom is 0.329 e. The third-order valence-electron chi connectivity index (χ3n) is 4.02. The zero-order chi connectivity index (χ0) is 16.9. The Morgan fingerprint density at radius 3 is 2.30 bits per heavy atom. The smallest absolute Gasteiger partial charge is 0.329 e. The number of amides is 1. The molecule has 6 nitrogen and oxygen atoms in total. The Balaban J connectivity index is 2.21. The predicted molar refractivity (Wildman–Crippen MR) is 85.1 cm³/mol. The number of carboxylic acids is 1. The van der Waals surface area contributed by atoms with Crippen LogP contribution in [0.5, 0.6) is 11.5 Å². The molecule has 1 amide bonds. The molecule has 2 N–H and O–H groups in total. The summed E-state index contributed by atoms with van der Waals surface area (Å²) in [6, 6.07) is 4.88. The first kappa shape index (κ1) is 17.1. The fourth-order valence-corrected chi connectivity index (χ4v) is 2.85. The minimum Gasteiger partial charge on any atom is -0.490 e. The van der Waals surface area contributed by atoms with Crippen LogP contribution in [0.2, 0.25) is 0 Å². The van der Waals surface area contributed by atoms with Crippen molar-refractivity contribution in [1.82, 2.24) is 5.32 Å². The molecule has 6 heteroatoms. The molecule has 0 spiro atoms. The van der Waals surface area contributed by atoms with Crippen LogP contribution in [0.15, 0.2) is 18.2 Å². The Hall–Kier alpha value is -2.24. The minimum atomic E-state index is -1.15. The van der Waals surface area contributed by atoms with Crippen LogP contribution < -0.4 is 14.8 Å². The van der Waals surface area contributed by atoms with Crippen molar-refractivity contribution in [1.29, 1.82) is 0 Å². The van der Waals surface area contributed by atoms with Crippen molar-refractivity contribution in [2.24, 2.45) is 0 Å². The molecule has 126 valence electrons. The van der Waals surface area contributed by atoms with Crippen molar-refractivity contribution in [3.8, 4) is 11.5 Å². The Morgan fingerprint density at radius 2 is 1.74 bits per heavy atom. The normalized spacial score (nSPS) is 15.9. The number of carboxylic acid groups (broad SMARTS) is 1. The largest absolute Gasteiger partial charge is 0.490 e. The van der Waals surface area contributed by atoms with Gasteiger partial charge in [0, 0.05) is 5.56 Å². The predicted octanol–water partition coefficient (Wildman–Crippen LogP) is 2.61. The molecule has 1 fully saturated rings. The number of aliphatic carboxylic acids is 1. The molecule has 0 unspecified atom stereocenters. The van der Waals surface area contributed by atoms with Gasteiger partial charge in [-0.3, -0.25) is 4.79 Å². The number of hydrogen-bond donors (Lipinski definition) is 2. The maximum absolute atomic E-state index is 12.5. The Labute approximate surface area is 135 Å². The summed E-state index contributed by atoms with van der Waals surface area (Å²) in [6.45, 7) is 4.66. The topological polar surface area (TPSA) is 84.9 Å². The van der Waals surface area contributed by atoms with Gasteiger partial charge in [0.2, 0.25) is 0 Å². The molecular formula is C17H23NO5. The van der Waals surface area contributed by atoms with Gasteiger partial charge in [0.15, 0.2) is 11.5 Å². The second kappa shape index (κ2) is 7.35. The number of carbonyl (C=O) groups excluding carboxylic acids is 1. The van der Waals surface area contributed by atoms with E-state index in [1.54, 1.807) is 18.2 Å². The highest BCUT2D eigenvalue weighted by Gasteiger charge is 2.42. The molecule has 2 rings (SSSR count). The summed E-state index contributed by atoms with van der Waals surface area (Å²) in [5.41, 5.74) is -0.786. The number of hydrogen-bond acceptors (Lipinski definition) is 4. The Morgan fingerprint density at radius 1 is 1.13 bits per heavy atom. The van der Waals surface area contributed by atoms with Gasteiger partial charge < -0.3 is 19.9 Å². The van der Waals surface area contributed by atoms with Gasteiger partial charge in [-0.1, -0.05) is 12.8 Å². The van der Waals surface area contributed by atoms with E-state index in [0.29, 0.717) is 43.1 Å². The molecule has 1 aliphatic rings. The van der Waals surface area contributed by atoms with Crippen LogP contribution in [0, 0.1) is 0 Å². The van der Waals surface area contributed by atoms with E-state index < -0.39 is 17.4 Å². The lowest BCUT2D eigenvalue weighted by atomic mass is 9.97. The molecular weight excluding hydrogens is 298 g/mol. The van der Waals surface area contributed by atoms with E-state index in [2.05, 4.69) is 5.32 Å². The number of benzene rings is 1. The van der Waals surface area contributed by atoms with Crippen LogP contribution in [0.25, 0.3) is 0 Å². The monoisotopic (exact) mass is 321 g/mol. The molecule has 1 aromatic carbocycles. The highest BCUT2D eigenvalue weighted by Crippen LogP contribution is 2.32. The fraction of sp³-hybridized carbons (Fsp3) is 0.529. The molecule has 23 heavy (non-hydrogen) atoms. The summed E-state index contributed by atoms with van der Waals surface area (Å²) in [6.07, 6.45) is 2.53. The van der Waals surface area contributed by atoms with Gasteiger partial charge in [0.25, 0.3) is 5.91 Å². The van der Waals surface area contributed by atoms with Crippen LogP contribution in [-0.2, 0) is 4.79 Å². The molecule has 0 aliphatic heterocycles. The van der Waals surface area contributed by atoms with E-state index in [1.807, 2.05) is 13.8 Å². The highest BCUT2D eigenvalue weighted by molar-refractivity contribution is 5.98. The first-order chi connectivity index (χ1) is 11.0. The Bertz CT molecular complexity index is 578. The number of ether oxygens (including phenoxy) is 2. The van der Waals surface area contributed by atoms with Gasteiger partial charge in [-0.15, -0.1) is 0 Å². The lowest BCUT2D eigenvalue weighted by Gasteiger charge is -2.25. The standard InChI is InChI=1S/C17H23NO5/c1-3-22-13-8-7-12(11-14(13)23-4-2)15(19)18-17(16(20)21)9-5-6-10-17/h7-8,11H,3-6,9-10H2,1-2H3,(H,18,19)(H,20,21). The fourth-order valence-electron chi connectivity index (χ4n) is 2.85. The van der Waals surface area contributed by atoms with Crippen molar-refractivity contribution in [2.75, 3.05) is 13.2 Å². The molecule has 0 bridgehead atoms. The lowest BCUT2D eigenvalue weighted by Crippen LogP contribution is -2.52. The second-order valence-corrected chi connectivity index (χ2v) is 5.58. The molecule has 0 aromatic heterocycles. The second-order valence-electron chi connectivity index (χ2n) is 5.58. The van der Waals surface area contributed by atoms with Crippen LogP contribution >= 0.6 is 0 Å². The summed E-state index contributed by atoms with van der Waals surface area (Å²) in [7, 11) is 0. The minimum absolute atomic E-state index is 0.365. The van der Waals surface area contributed by atoms with Gasteiger partial charge in [0.05, 0.1) is 13.2 Å². The van der Waals surface area contributed by atoms with Crippen LogP contribution in [-0.4, -0.2) is 35.7 Å². The van der Waals surface area contributed by atoms with E-state index in [-0.39, 0.29) is 0 Å². The van der Waals surface area contributed by atoms with Crippen molar-refractivity contribution < 1.29 is 24.2 Å². The van der Waals surface area contributed by atoms with Gasteiger partial charge in [-0.05, 0) is 44.9 Å². The SMILES string of the molecule is CCOc1ccc(C(=O)NC2(C(=O)O)CCCC2)cc1OCC. The lowest BCUT2D eigenvalue weighted by molar-refractivity contribution is -0.144. The first-order valence-corrected chi connectivity index (χ1v) is 7.98. The summed E-state index contributed by atoms with van der Waals surface area (Å²) in [5.74, 6) is -0.324. The number of carbonyl (C=O) groups is 2. The maximum atomic E-state index is 12.5. The van der Waals surface area contributed by atoms with E-state index in [4.69, 9.17) is 9.47 Å². The van der Waals surface area contributed by atoms with Crippen molar-refractivity contribution in [2.45, 2.75) is 45.1 Å². The molecule has 0 heterocycles. The number of rotatable bonds is 7. The molecule has 0 atom stereocenters. The molecule has 1 saturated carbocycles. The van der Waals surface area contributed by atoms with E-state index in [0.717, 1.165) is 12.8 Å². The average Bonchev–Trinajstić information content (AvgIpc) is 2.99. The highest BCUT2D eigenvalue weighted by atomic mass is 16.5. The zero-order valence-electron chi connectivity index (χ0n) is 13.6. The third kappa shape index (κ3) is 3.75. The number of nitrogens with one attached hydrogen (secondary N) is 1. The van der Waals surface area contributed by atoms with Gasteiger partial charge >= 0.3 is 5.97 Å². The quantitative estimate of drug-likeness (QED) is 0.806. The van der Waals surface area contributed by atoms with Gasteiger partial charge in [-0.2, -0.15) is 0 Å². The summed E-state index contributed by atoms with van der Waals surface area (Å²) >= 11 is 0. The third-order valence-corrected chi connectivity index (χ3v) is 4.02. The van der Waals surface area contributed by atoms with Crippen LogP contribution in [0.4, 0.5) is 0 Å². The average molecular weight is 321 g/mol.